The highest BCUT2D eigenvalue weighted by molar-refractivity contribution is 5.91. The van der Waals surface area contributed by atoms with Crippen molar-refractivity contribution in [3.05, 3.63) is 59.4 Å². The second kappa shape index (κ2) is 7.26. The maximum absolute atomic E-state index is 13.2. The number of rotatable bonds is 5. The molecule has 0 aliphatic carbocycles. The number of hydrogen-bond donors (Lipinski definition) is 2. The third-order valence-corrected chi connectivity index (χ3v) is 2.99. The number of nitrogens with one attached hydrogen (secondary N) is 1. The molecule has 120 valence electrons. The van der Waals surface area contributed by atoms with Crippen LogP contribution in [0.15, 0.2) is 42.5 Å². The SMILES string of the molecule is COc1ccc(F)cc1COC(=O)c1ccc(NC(N)=O)cc1. The Morgan fingerprint density at radius 1 is 1.17 bits per heavy atom. The first-order chi connectivity index (χ1) is 11.0. The molecular weight excluding hydrogens is 303 g/mol. The average molecular weight is 318 g/mol. The number of hydrogen-bond acceptors (Lipinski definition) is 4. The van der Waals surface area contributed by atoms with Crippen molar-refractivity contribution < 1.29 is 23.5 Å². The topological polar surface area (TPSA) is 90.7 Å². The zero-order valence-electron chi connectivity index (χ0n) is 12.3. The molecule has 0 spiro atoms. The number of methoxy groups -OCH3 is 1. The summed E-state index contributed by atoms with van der Waals surface area (Å²) in [4.78, 5) is 22.7. The highest BCUT2D eigenvalue weighted by Gasteiger charge is 2.11. The smallest absolute Gasteiger partial charge is 0.338 e. The Balaban J connectivity index is 2.02. The van der Waals surface area contributed by atoms with Gasteiger partial charge in [-0.2, -0.15) is 0 Å². The average Bonchev–Trinajstić information content (AvgIpc) is 2.53. The van der Waals surface area contributed by atoms with E-state index in [-0.39, 0.29) is 12.2 Å². The van der Waals surface area contributed by atoms with Crippen LogP contribution in [0.4, 0.5) is 14.9 Å². The van der Waals surface area contributed by atoms with Crippen molar-refractivity contribution in [1.29, 1.82) is 0 Å². The van der Waals surface area contributed by atoms with Gasteiger partial charge in [-0.15, -0.1) is 0 Å². The van der Waals surface area contributed by atoms with E-state index in [2.05, 4.69) is 5.32 Å². The molecule has 0 heterocycles. The van der Waals surface area contributed by atoms with Crippen LogP contribution in [0, 0.1) is 5.82 Å². The largest absolute Gasteiger partial charge is 0.496 e. The molecule has 0 radical (unpaired) electrons. The number of anilines is 1. The van der Waals surface area contributed by atoms with Crippen molar-refractivity contribution in [3.8, 4) is 5.75 Å². The Hall–Kier alpha value is -3.09. The lowest BCUT2D eigenvalue weighted by Gasteiger charge is -2.10. The molecule has 0 saturated carbocycles. The number of primary amides is 1. The maximum Gasteiger partial charge on any atom is 0.338 e. The second-order valence-electron chi connectivity index (χ2n) is 4.60. The fourth-order valence-corrected chi connectivity index (χ4v) is 1.92. The third kappa shape index (κ3) is 4.44. The monoisotopic (exact) mass is 318 g/mol. The van der Waals surface area contributed by atoms with Crippen LogP contribution < -0.4 is 15.8 Å². The number of carbonyl (C=O) groups is 2. The summed E-state index contributed by atoms with van der Waals surface area (Å²) >= 11 is 0. The molecule has 6 nitrogen and oxygen atoms in total. The predicted octanol–water partition coefficient (Wildman–Crippen LogP) is 2.68. The Morgan fingerprint density at radius 2 is 1.87 bits per heavy atom. The number of nitrogens with two attached hydrogens (primary N) is 1. The molecule has 0 bridgehead atoms. The molecule has 0 unspecified atom stereocenters. The number of benzene rings is 2. The van der Waals surface area contributed by atoms with Gasteiger partial charge in [0, 0.05) is 11.3 Å². The summed E-state index contributed by atoms with van der Waals surface area (Å²) < 4.78 is 23.5. The van der Waals surface area contributed by atoms with Crippen LogP contribution in [0.5, 0.6) is 5.75 Å². The van der Waals surface area contributed by atoms with Gasteiger partial charge in [0.1, 0.15) is 18.2 Å². The number of halogens is 1. The summed E-state index contributed by atoms with van der Waals surface area (Å²) in [5, 5.41) is 2.38. The number of ether oxygens (including phenoxy) is 2. The lowest BCUT2D eigenvalue weighted by molar-refractivity contribution is 0.0469. The summed E-state index contributed by atoms with van der Waals surface area (Å²) in [6, 6.07) is 9.27. The van der Waals surface area contributed by atoms with E-state index in [0.29, 0.717) is 17.0 Å². The van der Waals surface area contributed by atoms with Crippen LogP contribution in [0.1, 0.15) is 15.9 Å². The molecule has 0 aromatic heterocycles. The predicted molar refractivity (Wildman–Crippen MR) is 81.7 cm³/mol. The van der Waals surface area contributed by atoms with E-state index in [9.17, 15) is 14.0 Å². The van der Waals surface area contributed by atoms with Crippen molar-refractivity contribution in [3.63, 3.8) is 0 Å². The minimum absolute atomic E-state index is 0.124. The summed E-state index contributed by atoms with van der Waals surface area (Å²) in [5.41, 5.74) is 6.16. The molecule has 3 N–H and O–H groups in total. The molecule has 23 heavy (non-hydrogen) atoms. The number of esters is 1. The minimum atomic E-state index is -0.696. The van der Waals surface area contributed by atoms with Gasteiger partial charge in [0.05, 0.1) is 12.7 Å². The fourth-order valence-electron chi connectivity index (χ4n) is 1.92. The normalized spacial score (nSPS) is 10.0. The molecule has 7 heteroatoms. The van der Waals surface area contributed by atoms with Gasteiger partial charge in [-0.1, -0.05) is 0 Å². The lowest BCUT2D eigenvalue weighted by atomic mass is 10.2. The quantitative estimate of drug-likeness (QED) is 0.829. The van der Waals surface area contributed by atoms with Crippen LogP contribution in [-0.2, 0) is 11.3 Å². The van der Waals surface area contributed by atoms with Gasteiger partial charge < -0.3 is 20.5 Å². The first-order valence-corrected chi connectivity index (χ1v) is 6.65. The van der Waals surface area contributed by atoms with Crippen LogP contribution >= 0.6 is 0 Å². The number of amides is 2. The second-order valence-corrected chi connectivity index (χ2v) is 4.60. The van der Waals surface area contributed by atoms with Gasteiger partial charge in [0.15, 0.2) is 0 Å². The highest BCUT2D eigenvalue weighted by Crippen LogP contribution is 2.21. The van der Waals surface area contributed by atoms with Gasteiger partial charge in [0.25, 0.3) is 0 Å². The zero-order valence-corrected chi connectivity index (χ0v) is 12.3. The van der Waals surface area contributed by atoms with Gasteiger partial charge in [-0.25, -0.2) is 14.0 Å². The van der Waals surface area contributed by atoms with E-state index in [4.69, 9.17) is 15.2 Å². The van der Waals surface area contributed by atoms with Crippen LogP contribution in [0.3, 0.4) is 0 Å². The molecule has 0 atom stereocenters. The van der Waals surface area contributed by atoms with Gasteiger partial charge in [-0.05, 0) is 42.5 Å². The number of carbonyl (C=O) groups excluding carboxylic acids is 2. The molecule has 0 fully saturated rings. The van der Waals surface area contributed by atoms with E-state index in [1.54, 1.807) is 0 Å². The maximum atomic E-state index is 13.2. The Bertz CT molecular complexity index is 717. The minimum Gasteiger partial charge on any atom is -0.496 e. The van der Waals surface area contributed by atoms with E-state index in [1.807, 2.05) is 0 Å². The van der Waals surface area contributed by atoms with E-state index in [0.717, 1.165) is 0 Å². The highest BCUT2D eigenvalue weighted by atomic mass is 19.1. The Morgan fingerprint density at radius 3 is 2.48 bits per heavy atom. The molecule has 2 amide bonds. The lowest BCUT2D eigenvalue weighted by Crippen LogP contribution is -2.19. The van der Waals surface area contributed by atoms with Crippen molar-refractivity contribution in [2.24, 2.45) is 5.73 Å². The van der Waals surface area contributed by atoms with Gasteiger partial charge in [0.2, 0.25) is 0 Å². The van der Waals surface area contributed by atoms with E-state index < -0.39 is 17.8 Å². The van der Waals surface area contributed by atoms with Crippen molar-refractivity contribution >= 4 is 17.7 Å². The molecule has 2 aromatic carbocycles. The Labute approximate surface area is 132 Å². The van der Waals surface area contributed by atoms with Crippen molar-refractivity contribution in [1.82, 2.24) is 0 Å². The number of urea groups is 1. The molecule has 2 aromatic rings. The van der Waals surface area contributed by atoms with Crippen molar-refractivity contribution in [2.75, 3.05) is 12.4 Å². The molecule has 0 aliphatic heterocycles. The van der Waals surface area contributed by atoms with Crippen LogP contribution in [0.2, 0.25) is 0 Å². The van der Waals surface area contributed by atoms with Gasteiger partial charge >= 0.3 is 12.0 Å². The summed E-state index contributed by atoms with van der Waals surface area (Å²) in [6.45, 7) is -0.124. The standard InChI is InChI=1S/C16H15FN2O4/c1-22-14-7-4-12(17)8-11(14)9-23-15(20)10-2-5-13(6-3-10)19-16(18)21/h2-8H,9H2,1H3,(H3,18,19,21). The molecular formula is C16H15FN2O4. The van der Waals surface area contributed by atoms with Crippen LogP contribution in [-0.4, -0.2) is 19.1 Å². The van der Waals surface area contributed by atoms with E-state index >= 15 is 0 Å². The summed E-state index contributed by atoms with van der Waals surface area (Å²) in [6.07, 6.45) is 0. The fraction of sp³-hybridized carbons (Fsp3) is 0.125. The molecule has 2 rings (SSSR count). The van der Waals surface area contributed by atoms with Crippen LogP contribution in [0.25, 0.3) is 0 Å². The zero-order chi connectivity index (χ0) is 16.8. The summed E-state index contributed by atoms with van der Waals surface area (Å²) in [5.74, 6) is -0.596. The third-order valence-electron chi connectivity index (χ3n) is 2.99. The molecule has 0 saturated heterocycles. The van der Waals surface area contributed by atoms with Gasteiger partial charge in [-0.3, -0.25) is 0 Å². The first-order valence-electron chi connectivity index (χ1n) is 6.65. The summed E-state index contributed by atoms with van der Waals surface area (Å²) in [7, 11) is 1.45. The van der Waals surface area contributed by atoms with Crippen molar-refractivity contribution in [2.45, 2.75) is 6.61 Å². The molecule has 0 aliphatic rings. The first kappa shape index (κ1) is 16.3. The van der Waals surface area contributed by atoms with E-state index in [1.165, 1.54) is 49.6 Å². The Kier molecular flexibility index (Phi) is 5.14.